The fourth-order valence-corrected chi connectivity index (χ4v) is 4.87. The van der Waals surface area contributed by atoms with Crippen LogP contribution in [0.5, 0.6) is 0 Å². The van der Waals surface area contributed by atoms with Gasteiger partial charge in [-0.1, -0.05) is 20.3 Å². The van der Waals surface area contributed by atoms with Gasteiger partial charge in [0.2, 0.25) is 23.6 Å². The minimum Gasteiger partial charge on any atom is -0.481 e. The van der Waals surface area contributed by atoms with E-state index < -0.39 is 83.9 Å². The van der Waals surface area contributed by atoms with Crippen molar-refractivity contribution >= 4 is 58.3 Å². The molecule has 1 aromatic heterocycles. The molecule has 52 heavy (non-hydrogen) atoms. The van der Waals surface area contributed by atoms with Gasteiger partial charge in [-0.05, 0) is 70.6 Å². The van der Waals surface area contributed by atoms with Crippen molar-refractivity contribution < 1.29 is 43.0 Å². The Morgan fingerprint density at radius 3 is 2.25 bits per heavy atom. The Balaban J connectivity index is 2.17. The van der Waals surface area contributed by atoms with Gasteiger partial charge < -0.3 is 52.3 Å². The van der Waals surface area contributed by atoms with Crippen LogP contribution in [0.15, 0.2) is 38.5 Å². The van der Waals surface area contributed by atoms with Crippen molar-refractivity contribution in [3.8, 4) is 0 Å². The number of benzene rings is 1. The number of aryl methyl sites for hydroxylation is 1. The van der Waals surface area contributed by atoms with Gasteiger partial charge in [0, 0.05) is 36.2 Å². The molecule has 286 valence electrons. The maximum atomic E-state index is 13.3. The molecule has 5 amide bonds. The van der Waals surface area contributed by atoms with Gasteiger partial charge >= 0.3 is 17.7 Å². The van der Waals surface area contributed by atoms with E-state index in [2.05, 4.69) is 31.6 Å². The molecule has 0 radical (unpaired) electrons. The molecular weight excluding hydrogens is 680 g/mol. The average molecular weight is 731 g/mol. The number of aliphatic carboxylic acids is 1. The highest BCUT2D eigenvalue weighted by atomic mass is 16.6. The predicted molar refractivity (Wildman–Crippen MR) is 192 cm³/mol. The number of carboxylic acid groups (broad SMARTS) is 1. The van der Waals surface area contributed by atoms with Crippen LogP contribution in [0, 0.1) is 12.8 Å². The Morgan fingerprint density at radius 1 is 0.962 bits per heavy atom. The van der Waals surface area contributed by atoms with Gasteiger partial charge in [0.05, 0.1) is 6.54 Å². The lowest BCUT2D eigenvalue weighted by molar-refractivity contribution is -0.138. The molecule has 4 unspecified atom stereocenters. The average Bonchev–Trinajstić information content (AvgIpc) is 3.03. The molecule has 18 heteroatoms. The number of fused-ring (bicyclic) bond motifs is 1. The molecule has 0 bridgehead atoms. The third-order valence-corrected chi connectivity index (χ3v) is 7.69. The number of nitrogens with zero attached hydrogens (tertiary/aromatic N) is 1. The van der Waals surface area contributed by atoms with E-state index in [1.807, 2.05) is 0 Å². The number of hydrogen-bond donors (Lipinski definition) is 8. The summed E-state index contributed by atoms with van der Waals surface area (Å²) in [5.41, 5.74) is 10.6. The van der Waals surface area contributed by atoms with Crippen LogP contribution in [-0.2, 0) is 28.7 Å². The van der Waals surface area contributed by atoms with Crippen LogP contribution < -0.4 is 43.7 Å². The Kier molecular flexibility index (Phi) is 16.0. The van der Waals surface area contributed by atoms with Crippen molar-refractivity contribution in [2.45, 2.75) is 97.4 Å². The smallest absolute Gasteiger partial charge is 0.408 e. The number of nitrogens with one attached hydrogen (secondary N) is 5. The fourth-order valence-electron chi connectivity index (χ4n) is 4.87. The van der Waals surface area contributed by atoms with Gasteiger partial charge in [0.1, 0.15) is 29.3 Å². The van der Waals surface area contributed by atoms with Crippen molar-refractivity contribution in [3.63, 3.8) is 0 Å². The summed E-state index contributed by atoms with van der Waals surface area (Å²) in [6, 6.07) is 2.45. The Morgan fingerprint density at radius 2 is 1.63 bits per heavy atom. The molecule has 0 saturated heterocycles. The van der Waals surface area contributed by atoms with Gasteiger partial charge in [-0.2, -0.15) is 0 Å². The van der Waals surface area contributed by atoms with Crippen LogP contribution in [0.1, 0.15) is 72.3 Å². The second kappa shape index (κ2) is 19.6. The molecular formula is C34H50N8O10. The minimum atomic E-state index is -1.39. The van der Waals surface area contributed by atoms with E-state index in [-0.39, 0.29) is 43.0 Å². The van der Waals surface area contributed by atoms with E-state index in [0.717, 1.165) is 0 Å². The number of aliphatic imine (C=N–C) groups is 1. The lowest BCUT2D eigenvalue weighted by Crippen LogP contribution is -2.57. The molecule has 10 N–H and O–H groups in total. The molecule has 0 aliphatic heterocycles. The normalized spacial score (nSPS) is 13.4. The summed E-state index contributed by atoms with van der Waals surface area (Å²) >= 11 is 0. The first kappa shape index (κ1) is 42.5. The summed E-state index contributed by atoms with van der Waals surface area (Å²) in [6.07, 6.45) is -0.827. The largest absolute Gasteiger partial charge is 0.481 e. The SMILES string of the molecule is CCC(C)C(NC(=O)OC(C)(C)C)C(=O)NC(CCC(=O)O)C(=O)NCC(=O)NC(CCCN=C(N)N)C(=O)Nc1ccc2c(C)cc(=O)oc2c1. The zero-order valence-corrected chi connectivity index (χ0v) is 30.3. The van der Waals surface area contributed by atoms with Crippen LogP contribution in [0.2, 0.25) is 0 Å². The summed E-state index contributed by atoms with van der Waals surface area (Å²) in [5.74, 6) is -4.80. The van der Waals surface area contributed by atoms with E-state index in [0.29, 0.717) is 17.4 Å². The topological polar surface area (TPSA) is 287 Å². The molecule has 0 spiro atoms. The summed E-state index contributed by atoms with van der Waals surface area (Å²) in [5, 5.41) is 22.5. The zero-order valence-electron chi connectivity index (χ0n) is 30.3. The van der Waals surface area contributed by atoms with Crippen LogP contribution in [0.4, 0.5) is 10.5 Å². The number of ether oxygens (including phenoxy) is 1. The molecule has 1 heterocycles. The van der Waals surface area contributed by atoms with Crippen LogP contribution in [-0.4, -0.2) is 83.6 Å². The highest BCUT2D eigenvalue weighted by Gasteiger charge is 2.32. The lowest BCUT2D eigenvalue weighted by Gasteiger charge is -2.28. The minimum absolute atomic E-state index is 0.0863. The summed E-state index contributed by atoms with van der Waals surface area (Å²) in [6.45, 7) is 9.73. The third-order valence-electron chi connectivity index (χ3n) is 7.69. The number of rotatable bonds is 18. The van der Waals surface area contributed by atoms with Crippen molar-refractivity contribution in [2.75, 3.05) is 18.4 Å². The summed E-state index contributed by atoms with van der Waals surface area (Å²) in [7, 11) is 0. The van der Waals surface area contributed by atoms with Crippen molar-refractivity contribution in [1.29, 1.82) is 0 Å². The van der Waals surface area contributed by atoms with Crippen molar-refractivity contribution in [2.24, 2.45) is 22.4 Å². The van der Waals surface area contributed by atoms with E-state index >= 15 is 0 Å². The molecule has 0 saturated carbocycles. The Bertz CT molecular complexity index is 1700. The lowest BCUT2D eigenvalue weighted by atomic mass is 9.97. The van der Waals surface area contributed by atoms with E-state index in [1.165, 1.54) is 12.1 Å². The van der Waals surface area contributed by atoms with Crippen molar-refractivity contribution in [3.05, 3.63) is 40.2 Å². The van der Waals surface area contributed by atoms with Gasteiger partial charge in [0.25, 0.3) is 0 Å². The number of amides is 5. The van der Waals surface area contributed by atoms with E-state index in [4.69, 9.17) is 20.6 Å². The number of carbonyl (C=O) groups excluding carboxylic acids is 5. The summed E-state index contributed by atoms with van der Waals surface area (Å²) < 4.78 is 10.5. The first-order valence-electron chi connectivity index (χ1n) is 16.8. The van der Waals surface area contributed by atoms with Crippen LogP contribution in [0.3, 0.4) is 0 Å². The number of anilines is 1. The quantitative estimate of drug-likeness (QED) is 0.0461. The fraction of sp³-hybridized carbons (Fsp3) is 0.529. The Hall–Kier alpha value is -5.68. The number of carboxylic acids is 1. The maximum Gasteiger partial charge on any atom is 0.408 e. The van der Waals surface area contributed by atoms with Gasteiger partial charge in [0.15, 0.2) is 5.96 Å². The van der Waals surface area contributed by atoms with Crippen LogP contribution >= 0.6 is 0 Å². The van der Waals surface area contributed by atoms with E-state index in [9.17, 15) is 38.7 Å². The molecule has 18 nitrogen and oxygen atoms in total. The van der Waals surface area contributed by atoms with E-state index in [1.54, 1.807) is 53.7 Å². The number of carbonyl (C=O) groups is 6. The first-order valence-corrected chi connectivity index (χ1v) is 16.8. The molecule has 2 rings (SSSR count). The van der Waals surface area contributed by atoms with Crippen molar-refractivity contribution in [1.82, 2.24) is 21.3 Å². The highest BCUT2D eigenvalue weighted by Crippen LogP contribution is 2.21. The molecule has 0 fully saturated rings. The van der Waals surface area contributed by atoms with Gasteiger partial charge in [-0.15, -0.1) is 0 Å². The number of guanidine groups is 1. The monoisotopic (exact) mass is 730 g/mol. The number of alkyl carbamates (subject to hydrolysis) is 1. The molecule has 0 aliphatic carbocycles. The third kappa shape index (κ3) is 14.7. The molecule has 1 aromatic carbocycles. The molecule has 4 atom stereocenters. The first-order chi connectivity index (χ1) is 24.3. The second-order valence-corrected chi connectivity index (χ2v) is 13.2. The molecule has 0 aliphatic rings. The summed E-state index contributed by atoms with van der Waals surface area (Å²) in [4.78, 5) is 92.4. The number of nitrogens with two attached hydrogens (primary N) is 2. The second-order valence-electron chi connectivity index (χ2n) is 13.2. The maximum absolute atomic E-state index is 13.3. The zero-order chi connectivity index (χ0) is 39.2. The Labute approximate surface area is 300 Å². The molecule has 2 aromatic rings. The van der Waals surface area contributed by atoms with Gasteiger partial charge in [-0.25, -0.2) is 9.59 Å². The number of hydrogen-bond acceptors (Lipinski definition) is 10. The standard InChI is InChI=1S/C34H50N8O10/c1-7-18(2)28(42-33(50)52-34(4,5)6)31(49)41-23(12-13-26(44)45)29(47)38-17-25(43)40-22(9-8-14-37-32(35)36)30(48)39-20-10-11-21-19(3)15-27(46)51-24(21)16-20/h10-11,15-16,18,22-23,28H,7-9,12-14,17H2,1-6H3,(H,38,47)(H,39,48)(H,40,43)(H,41,49)(H,42,50)(H,44,45)(H4,35,36,37). The van der Waals surface area contributed by atoms with Gasteiger partial charge in [-0.3, -0.25) is 29.0 Å². The predicted octanol–water partition coefficient (Wildman–Crippen LogP) is 0.984. The van der Waals surface area contributed by atoms with Crippen LogP contribution in [0.25, 0.3) is 11.0 Å². The highest BCUT2D eigenvalue weighted by molar-refractivity contribution is 5.99.